The van der Waals surface area contributed by atoms with E-state index in [0.717, 1.165) is 0 Å². The molecule has 0 radical (unpaired) electrons. The first-order valence-electron chi connectivity index (χ1n) is 9.75. The van der Waals surface area contributed by atoms with Crippen LogP contribution >= 0.6 is 0 Å². The Kier molecular flexibility index (Phi) is 5.90. The molecule has 1 heterocycles. The van der Waals surface area contributed by atoms with Gasteiger partial charge in [0.25, 0.3) is 0 Å². The van der Waals surface area contributed by atoms with Gasteiger partial charge in [-0.3, -0.25) is 14.9 Å². The van der Waals surface area contributed by atoms with E-state index in [9.17, 15) is 23.3 Å². The van der Waals surface area contributed by atoms with Crippen LogP contribution in [0.15, 0.2) is 53.4 Å². The Morgan fingerprint density at radius 2 is 1.87 bits per heavy atom. The van der Waals surface area contributed by atoms with Gasteiger partial charge < -0.3 is 14.8 Å². The number of nitrogens with zero attached hydrogens (tertiary/aromatic N) is 2. The van der Waals surface area contributed by atoms with E-state index in [-0.39, 0.29) is 35.8 Å². The second-order valence-corrected chi connectivity index (χ2v) is 9.21. The van der Waals surface area contributed by atoms with Gasteiger partial charge in [0.05, 0.1) is 23.8 Å². The van der Waals surface area contributed by atoms with E-state index in [0.29, 0.717) is 19.0 Å². The smallest absolute Gasteiger partial charge is 0.243 e. The van der Waals surface area contributed by atoms with Gasteiger partial charge in [0, 0.05) is 24.4 Å². The number of nitro groups is 1. The molecule has 1 aliphatic heterocycles. The maximum absolute atomic E-state index is 13.0. The van der Waals surface area contributed by atoms with Gasteiger partial charge in [0.2, 0.25) is 22.0 Å². The standard InChI is InChI=1S/C20H21N3O7S/c24-20(16-13-18(16)23(25)26)21-17-12-15(31(27,28)22-8-10-29-11-9-22)6-7-19(17)30-14-4-2-1-3-5-14/h1-7,12,16,18H,8-11,13H2,(H,21,24). The number of rotatable bonds is 7. The van der Waals surface area contributed by atoms with Crippen molar-refractivity contribution in [3.05, 3.63) is 58.6 Å². The summed E-state index contributed by atoms with van der Waals surface area (Å²) in [5.74, 6) is -0.560. The fourth-order valence-corrected chi connectivity index (χ4v) is 4.76. The molecule has 0 spiro atoms. The van der Waals surface area contributed by atoms with E-state index in [1.807, 2.05) is 6.07 Å². The molecule has 164 valence electrons. The molecule has 2 aromatic carbocycles. The topological polar surface area (TPSA) is 128 Å². The van der Waals surface area contributed by atoms with Crippen LogP contribution in [-0.2, 0) is 19.6 Å². The number of hydrogen-bond donors (Lipinski definition) is 1. The zero-order chi connectivity index (χ0) is 22.0. The van der Waals surface area contributed by atoms with Crippen molar-refractivity contribution < 1.29 is 27.6 Å². The summed E-state index contributed by atoms with van der Waals surface area (Å²) < 4.78 is 38.4. The first kappa shape index (κ1) is 21.2. The van der Waals surface area contributed by atoms with Crippen LogP contribution in [0, 0.1) is 16.0 Å². The molecule has 1 saturated carbocycles. The molecule has 1 amide bonds. The van der Waals surface area contributed by atoms with Crippen molar-refractivity contribution in [3.63, 3.8) is 0 Å². The van der Waals surface area contributed by atoms with Gasteiger partial charge in [-0.25, -0.2) is 8.42 Å². The molecule has 2 unspecified atom stereocenters. The molecular weight excluding hydrogens is 426 g/mol. The van der Waals surface area contributed by atoms with E-state index < -0.39 is 32.8 Å². The zero-order valence-electron chi connectivity index (χ0n) is 16.5. The molecule has 1 N–H and O–H groups in total. The number of benzene rings is 2. The SMILES string of the molecule is O=C(Nc1cc(S(=O)(=O)N2CCOCC2)ccc1Oc1ccccc1)C1CC1[N+](=O)[O-]. The lowest BCUT2D eigenvalue weighted by Gasteiger charge is -2.26. The molecule has 1 saturated heterocycles. The van der Waals surface area contributed by atoms with E-state index >= 15 is 0 Å². The van der Waals surface area contributed by atoms with E-state index in [1.165, 1.54) is 22.5 Å². The van der Waals surface area contributed by atoms with Crippen LogP contribution in [0.4, 0.5) is 5.69 Å². The number of morpholine rings is 1. The molecule has 0 bridgehead atoms. The van der Waals surface area contributed by atoms with Gasteiger partial charge in [-0.1, -0.05) is 18.2 Å². The maximum Gasteiger partial charge on any atom is 0.243 e. The highest BCUT2D eigenvalue weighted by Crippen LogP contribution is 2.37. The largest absolute Gasteiger partial charge is 0.455 e. The Bertz CT molecular complexity index is 1090. The second-order valence-electron chi connectivity index (χ2n) is 7.27. The fraction of sp³-hybridized carbons (Fsp3) is 0.350. The first-order valence-corrected chi connectivity index (χ1v) is 11.2. The highest BCUT2D eigenvalue weighted by atomic mass is 32.2. The summed E-state index contributed by atoms with van der Waals surface area (Å²) in [6.07, 6.45) is 0.152. The number of carbonyl (C=O) groups is 1. The minimum absolute atomic E-state index is 0.00765. The summed E-state index contributed by atoms with van der Waals surface area (Å²) in [6, 6.07) is 12.1. The van der Waals surface area contributed by atoms with Crippen molar-refractivity contribution in [3.8, 4) is 11.5 Å². The lowest BCUT2D eigenvalue weighted by Crippen LogP contribution is -2.40. The van der Waals surface area contributed by atoms with E-state index in [4.69, 9.17) is 9.47 Å². The van der Waals surface area contributed by atoms with Crippen molar-refractivity contribution in [1.82, 2.24) is 4.31 Å². The molecule has 11 heteroatoms. The molecule has 2 atom stereocenters. The normalized spacial score (nSPS) is 21.3. The van der Waals surface area contributed by atoms with Gasteiger partial charge >= 0.3 is 0 Å². The number of anilines is 1. The highest BCUT2D eigenvalue weighted by molar-refractivity contribution is 7.89. The monoisotopic (exact) mass is 447 g/mol. The number of hydrogen-bond acceptors (Lipinski definition) is 7. The average Bonchev–Trinajstić information content (AvgIpc) is 3.58. The van der Waals surface area contributed by atoms with Gasteiger partial charge in [-0.2, -0.15) is 4.31 Å². The third-order valence-corrected chi connectivity index (χ3v) is 7.05. The molecule has 1 aliphatic carbocycles. The number of ether oxygens (including phenoxy) is 2. The van der Waals surface area contributed by atoms with Crippen molar-refractivity contribution in [2.75, 3.05) is 31.6 Å². The van der Waals surface area contributed by atoms with Gasteiger partial charge in [0.1, 0.15) is 11.7 Å². The van der Waals surface area contributed by atoms with E-state index in [1.54, 1.807) is 24.3 Å². The van der Waals surface area contributed by atoms with Crippen molar-refractivity contribution >= 4 is 21.6 Å². The third kappa shape index (κ3) is 4.68. The predicted molar refractivity (Wildman–Crippen MR) is 110 cm³/mol. The molecule has 4 rings (SSSR count). The molecule has 2 fully saturated rings. The molecule has 10 nitrogen and oxygen atoms in total. The Morgan fingerprint density at radius 1 is 1.16 bits per heavy atom. The Labute approximate surface area is 179 Å². The average molecular weight is 447 g/mol. The Morgan fingerprint density at radius 3 is 2.52 bits per heavy atom. The maximum atomic E-state index is 13.0. The fourth-order valence-electron chi connectivity index (χ4n) is 3.33. The molecule has 31 heavy (non-hydrogen) atoms. The van der Waals surface area contributed by atoms with Gasteiger partial charge in [-0.05, 0) is 30.3 Å². The number of para-hydroxylation sites is 1. The minimum Gasteiger partial charge on any atom is -0.455 e. The van der Waals surface area contributed by atoms with Crippen molar-refractivity contribution in [2.45, 2.75) is 17.4 Å². The molecule has 2 aromatic rings. The zero-order valence-corrected chi connectivity index (χ0v) is 17.3. The summed E-state index contributed by atoms with van der Waals surface area (Å²) in [5.41, 5.74) is 0.136. The summed E-state index contributed by atoms with van der Waals surface area (Å²) in [5, 5.41) is 13.5. The number of amides is 1. The van der Waals surface area contributed by atoms with Crippen LogP contribution < -0.4 is 10.1 Å². The number of carbonyl (C=O) groups excluding carboxylic acids is 1. The van der Waals surface area contributed by atoms with Crippen LogP contribution in [0.1, 0.15) is 6.42 Å². The van der Waals surface area contributed by atoms with E-state index in [2.05, 4.69) is 5.32 Å². The van der Waals surface area contributed by atoms with Gasteiger partial charge in [0.15, 0.2) is 5.75 Å². The first-order chi connectivity index (χ1) is 14.9. The summed E-state index contributed by atoms with van der Waals surface area (Å²) in [4.78, 5) is 22.9. The van der Waals surface area contributed by atoms with Gasteiger partial charge in [-0.15, -0.1) is 0 Å². The lowest BCUT2D eigenvalue weighted by atomic mass is 10.2. The Hall–Kier alpha value is -3.02. The molecule has 2 aliphatic rings. The lowest BCUT2D eigenvalue weighted by molar-refractivity contribution is -0.497. The summed E-state index contributed by atoms with van der Waals surface area (Å²) >= 11 is 0. The van der Waals surface area contributed by atoms with Crippen LogP contribution in [0.25, 0.3) is 0 Å². The van der Waals surface area contributed by atoms with Crippen LogP contribution in [0.5, 0.6) is 11.5 Å². The summed E-state index contributed by atoms with van der Waals surface area (Å²) in [6.45, 7) is 1.09. The van der Waals surface area contributed by atoms with Crippen LogP contribution in [-0.4, -0.2) is 55.9 Å². The number of nitrogens with one attached hydrogen (secondary N) is 1. The number of sulfonamides is 1. The van der Waals surface area contributed by atoms with Crippen molar-refractivity contribution in [1.29, 1.82) is 0 Å². The van der Waals surface area contributed by atoms with Crippen LogP contribution in [0.3, 0.4) is 0 Å². The van der Waals surface area contributed by atoms with Crippen LogP contribution in [0.2, 0.25) is 0 Å². The predicted octanol–water partition coefficient (Wildman–Crippen LogP) is 2.10. The second kappa shape index (κ2) is 8.61. The summed E-state index contributed by atoms with van der Waals surface area (Å²) in [7, 11) is -3.80. The minimum atomic E-state index is -3.80. The molecule has 0 aromatic heterocycles. The van der Waals surface area contributed by atoms with Crippen molar-refractivity contribution in [2.24, 2.45) is 5.92 Å². The molecular formula is C20H21N3O7S. The highest BCUT2D eigenvalue weighted by Gasteiger charge is 2.53. The Balaban J connectivity index is 1.63. The quantitative estimate of drug-likeness (QED) is 0.508. The third-order valence-electron chi connectivity index (χ3n) is 5.15.